The highest BCUT2D eigenvalue weighted by atomic mass is 32.1. The monoisotopic (exact) mass is 501 g/mol. The molecule has 1 aromatic carbocycles. The van der Waals surface area contributed by atoms with Gasteiger partial charge in [0.25, 0.3) is 5.56 Å². The fourth-order valence-corrected chi connectivity index (χ4v) is 4.22. The molecule has 5 rings (SSSR count). The second-order valence-electron chi connectivity index (χ2n) is 7.89. The number of hydrogen-bond donors (Lipinski definition) is 1. The molecule has 2 atom stereocenters. The zero-order valence-electron chi connectivity index (χ0n) is 18.4. The predicted octanol–water partition coefficient (Wildman–Crippen LogP) is 2.62. The average molecular weight is 502 g/mol. The number of nitrogens with zero attached hydrogens (tertiary/aromatic N) is 6. The lowest BCUT2D eigenvalue weighted by molar-refractivity contribution is 0.101. The van der Waals surface area contributed by atoms with Gasteiger partial charge in [-0.25, -0.2) is 13.9 Å². The molecule has 4 aromatic rings. The number of benzene rings is 1. The van der Waals surface area contributed by atoms with E-state index in [4.69, 9.17) is 5.73 Å². The second-order valence-corrected chi connectivity index (χ2v) is 7.89. The SMILES string of the molecule is CC(=O)c1cnc(N)nc1N1C[C@H](C)[C@H]1c1nn2ccc(F)c2c(=O)n1-c1ccccc1.S.S. The second kappa shape index (κ2) is 9.47. The van der Waals surface area contributed by atoms with Gasteiger partial charge in [-0.15, -0.1) is 0 Å². The normalized spacial score (nSPS) is 17.0. The third-order valence-electron chi connectivity index (χ3n) is 5.74. The summed E-state index contributed by atoms with van der Waals surface area (Å²) in [6.07, 6.45) is 2.82. The topological polar surface area (TPSA) is 111 Å². The summed E-state index contributed by atoms with van der Waals surface area (Å²) >= 11 is 0. The Morgan fingerprint density at radius 3 is 2.53 bits per heavy atom. The van der Waals surface area contributed by atoms with Crippen LogP contribution in [0.2, 0.25) is 0 Å². The number of nitrogen functional groups attached to an aromatic ring is 1. The third-order valence-corrected chi connectivity index (χ3v) is 5.74. The van der Waals surface area contributed by atoms with Crippen molar-refractivity contribution in [3.05, 3.63) is 76.4 Å². The van der Waals surface area contributed by atoms with Crippen molar-refractivity contribution in [3.63, 3.8) is 0 Å². The molecular formula is C22H24FN7O2S2. The van der Waals surface area contributed by atoms with E-state index in [9.17, 15) is 14.0 Å². The van der Waals surface area contributed by atoms with E-state index in [1.54, 1.807) is 24.3 Å². The number of Topliss-reactive ketones (excluding diaryl/α,β-unsaturated/α-hetero) is 1. The van der Waals surface area contributed by atoms with Crippen LogP contribution in [0, 0.1) is 11.7 Å². The molecule has 1 aliphatic rings. The van der Waals surface area contributed by atoms with Crippen LogP contribution in [-0.2, 0) is 0 Å². The Morgan fingerprint density at radius 1 is 1.18 bits per heavy atom. The molecule has 34 heavy (non-hydrogen) atoms. The van der Waals surface area contributed by atoms with Crippen LogP contribution >= 0.6 is 27.0 Å². The van der Waals surface area contributed by atoms with E-state index < -0.39 is 17.4 Å². The number of para-hydroxylation sites is 1. The summed E-state index contributed by atoms with van der Waals surface area (Å²) in [5.41, 5.74) is 6.06. The molecule has 4 heterocycles. The Balaban J connectivity index is 0.00000162. The summed E-state index contributed by atoms with van der Waals surface area (Å²) in [6, 6.07) is 9.77. The lowest BCUT2D eigenvalue weighted by atomic mass is 9.88. The maximum atomic E-state index is 14.4. The van der Waals surface area contributed by atoms with Crippen LogP contribution in [0.5, 0.6) is 0 Å². The molecule has 9 nitrogen and oxygen atoms in total. The number of carbonyl (C=O) groups excluding carboxylic acids is 1. The van der Waals surface area contributed by atoms with Crippen LogP contribution in [0.3, 0.4) is 0 Å². The maximum Gasteiger partial charge on any atom is 0.285 e. The number of hydrogen-bond acceptors (Lipinski definition) is 7. The molecule has 0 radical (unpaired) electrons. The van der Waals surface area contributed by atoms with Gasteiger partial charge in [-0.1, -0.05) is 25.1 Å². The van der Waals surface area contributed by atoms with Crippen molar-refractivity contribution in [3.8, 4) is 5.69 Å². The van der Waals surface area contributed by atoms with Crippen molar-refractivity contribution in [2.45, 2.75) is 19.9 Å². The van der Waals surface area contributed by atoms with Gasteiger partial charge in [0.15, 0.2) is 22.9 Å². The Bertz CT molecular complexity index is 1420. The van der Waals surface area contributed by atoms with Crippen molar-refractivity contribution < 1.29 is 9.18 Å². The van der Waals surface area contributed by atoms with Gasteiger partial charge in [-0.05, 0) is 25.1 Å². The number of rotatable bonds is 4. The smallest absolute Gasteiger partial charge is 0.285 e. The fourth-order valence-electron chi connectivity index (χ4n) is 4.22. The first-order chi connectivity index (χ1) is 15.4. The molecule has 0 amide bonds. The van der Waals surface area contributed by atoms with E-state index in [1.807, 2.05) is 17.9 Å². The highest BCUT2D eigenvalue weighted by Gasteiger charge is 2.43. The minimum absolute atomic E-state index is 0. The van der Waals surface area contributed by atoms with E-state index in [0.29, 0.717) is 29.4 Å². The number of fused-ring (bicyclic) bond motifs is 1. The summed E-state index contributed by atoms with van der Waals surface area (Å²) in [7, 11) is 0. The van der Waals surface area contributed by atoms with Crippen molar-refractivity contribution in [1.82, 2.24) is 24.1 Å². The first-order valence-corrected chi connectivity index (χ1v) is 10.1. The van der Waals surface area contributed by atoms with E-state index in [-0.39, 0.29) is 50.2 Å². The fraction of sp³-hybridized carbons (Fsp3) is 0.227. The van der Waals surface area contributed by atoms with E-state index in [0.717, 1.165) is 0 Å². The molecule has 12 heteroatoms. The first kappa shape index (κ1) is 25.2. The zero-order chi connectivity index (χ0) is 22.6. The average Bonchev–Trinajstić information content (AvgIpc) is 3.13. The third kappa shape index (κ3) is 3.92. The van der Waals surface area contributed by atoms with Gasteiger partial charge in [-0.3, -0.25) is 14.2 Å². The summed E-state index contributed by atoms with van der Waals surface area (Å²) in [4.78, 5) is 35.7. The van der Waals surface area contributed by atoms with Crippen LogP contribution < -0.4 is 16.2 Å². The van der Waals surface area contributed by atoms with E-state index in [2.05, 4.69) is 15.1 Å². The standard InChI is InChI=1S/C22H20FN7O2.2H2S/c1-12-11-28(19-15(13(2)31)10-25-22(24)26-19)17(12)20-27-29-9-8-16(23)18(29)21(32)30(20)14-6-4-3-5-7-14;;/h3-10,12,17H,11H2,1-2H3,(H2,24,25,26);2*1H2/t12-,17-;;/m0../s1. The van der Waals surface area contributed by atoms with E-state index >= 15 is 0 Å². The Kier molecular flexibility index (Phi) is 7.03. The van der Waals surface area contributed by atoms with Crippen molar-refractivity contribution >= 4 is 50.1 Å². The first-order valence-electron chi connectivity index (χ1n) is 10.1. The highest BCUT2D eigenvalue weighted by Crippen LogP contribution is 2.42. The molecule has 0 aliphatic carbocycles. The van der Waals surface area contributed by atoms with Gasteiger partial charge in [0.1, 0.15) is 5.82 Å². The highest BCUT2D eigenvalue weighted by molar-refractivity contribution is 7.59. The number of carbonyl (C=O) groups is 1. The molecule has 2 N–H and O–H groups in total. The number of ketones is 1. The molecule has 0 spiro atoms. The zero-order valence-corrected chi connectivity index (χ0v) is 20.4. The van der Waals surface area contributed by atoms with Gasteiger partial charge in [0.05, 0.1) is 17.3 Å². The predicted molar refractivity (Wildman–Crippen MR) is 137 cm³/mol. The van der Waals surface area contributed by atoms with Crippen LogP contribution in [0.15, 0.2) is 53.6 Å². The summed E-state index contributed by atoms with van der Waals surface area (Å²) in [5, 5.41) is 4.62. The number of anilines is 2. The molecule has 1 fully saturated rings. The number of aromatic nitrogens is 5. The van der Waals surface area contributed by atoms with Gasteiger partial charge in [0, 0.05) is 24.9 Å². The Labute approximate surface area is 208 Å². The maximum absolute atomic E-state index is 14.4. The van der Waals surface area contributed by atoms with Crippen LogP contribution in [0.25, 0.3) is 11.2 Å². The molecule has 1 saturated heterocycles. The number of halogens is 1. The molecule has 3 aromatic heterocycles. The van der Waals surface area contributed by atoms with Gasteiger partial charge in [-0.2, -0.15) is 37.1 Å². The van der Waals surface area contributed by atoms with E-state index in [1.165, 1.54) is 34.5 Å². The largest absolute Gasteiger partial charge is 0.368 e. The van der Waals surface area contributed by atoms with Crippen molar-refractivity contribution in [1.29, 1.82) is 0 Å². The van der Waals surface area contributed by atoms with Gasteiger partial charge in [0.2, 0.25) is 5.95 Å². The molecule has 0 unspecified atom stereocenters. The van der Waals surface area contributed by atoms with Gasteiger partial charge < -0.3 is 10.6 Å². The molecule has 0 bridgehead atoms. The summed E-state index contributed by atoms with van der Waals surface area (Å²) < 4.78 is 17.1. The molecular weight excluding hydrogens is 477 g/mol. The minimum Gasteiger partial charge on any atom is -0.368 e. The lowest BCUT2D eigenvalue weighted by Crippen LogP contribution is -2.52. The number of nitrogens with two attached hydrogens (primary N) is 1. The summed E-state index contributed by atoms with van der Waals surface area (Å²) in [6.45, 7) is 4.02. The molecule has 0 saturated carbocycles. The van der Waals surface area contributed by atoms with Gasteiger partial charge >= 0.3 is 0 Å². The summed E-state index contributed by atoms with van der Waals surface area (Å²) in [5.74, 6) is 0.0789. The lowest BCUT2D eigenvalue weighted by Gasteiger charge is -2.47. The molecule has 178 valence electrons. The van der Waals surface area contributed by atoms with Crippen molar-refractivity contribution in [2.75, 3.05) is 17.2 Å². The van der Waals surface area contributed by atoms with Crippen LogP contribution in [-0.4, -0.2) is 36.5 Å². The van der Waals surface area contributed by atoms with Crippen molar-refractivity contribution in [2.24, 2.45) is 5.92 Å². The quantitative estimate of drug-likeness (QED) is 0.428. The Hall–Kier alpha value is -3.38. The Morgan fingerprint density at radius 2 is 1.88 bits per heavy atom. The van der Waals surface area contributed by atoms with Crippen LogP contribution in [0.4, 0.5) is 16.2 Å². The molecule has 1 aliphatic heterocycles. The minimum atomic E-state index is -0.639. The van der Waals surface area contributed by atoms with Crippen LogP contribution in [0.1, 0.15) is 36.1 Å².